The second kappa shape index (κ2) is 8.57. The van der Waals surface area contributed by atoms with E-state index in [1.807, 2.05) is 0 Å². The van der Waals surface area contributed by atoms with Gasteiger partial charge in [-0.15, -0.1) is 0 Å². The molecule has 2 aliphatic rings. The largest absolute Gasteiger partial charge is 0.458 e. The Balaban J connectivity index is 1.54. The molecule has 5 rings (SSSR count). The minimum atomic E-state index is 0.769. The van der Waals surface area contributed by atoms with E-state index >= 15 is 0 Å². The normalized spacial score (nSPS) is 18.4. The van der Waals surface area contributed by atoms with Crippen molar-refractivity contribution in [2.24, 2.45) is 0 Å². The van der Waals surface area contributed by atoms with E-state index < -0.39 is 0 Å². The molecule has 3 heterocycles. The Morgan fingerprint density at radius 3 is 2.24 bits per heavy atom. The van der Waals surface area contributed by atoms with E-state index in [0.717, 1.165) is 76.9 Å². The number of anilines is 1. The maximum atomic E-state index is 6.59. The van der Waals surface area contributed by atoms with Crippen molar-refractivity contribution in [3.05, 3.63) is 65.4 Å². The summed E-state index contributed by atoms with van der Waals surface area (Å²) in [7, 11) is 0. The lowest BCUT2D eigenvalue weighted by molar-refractivity contribution is 0.0342. The Kier molecular flexibility index (Phi) is 5.52. The summed E-state index contributed by atoms with van der Waals surface area (Å²) in [6.07, 6.45) is 0.805. The van der Waals surface area contributed by atoms with Gasteiger partial charge in [-0.3, -0.25) is 4.90 Å². The fraction of sp³-hybridized carbons (Fsp3) is 0.417. The molecule has 2 aliphatic heterocycles. The fourth-order valence-electron chi connectivity index (χ4n) is 4.37. The van der Waals surface area contributed by atoms with Crippen molar-refractivity contribution < 1.29 is 13.9 Å². The Hall–Kier alpha value is -2.34. The Morgan fingerprint density at radius 1 is 0.759 bits per heavy atom. The van der Waals surface area contributed by atoms with Crippen LogP contribution in [0.5, 0.6) is 0 Å². The molecule has 29 heavy (non-hydrogen) atoms. The van der Waals surface area contributed by atoms with Crippen LogP contribution in [-0.4, -0.2) is 57.5 Å². The first-order valence-electron chi connectivity index (χ1n) is 10.6. The minimum absolute atomic E-state index is 0.769. The Bertz CT molecular complexity index is 941. The molecule has 0 unspecified atom stereocenters. The zero-order valence-corrected chi connectivity index (χ0v) is 16.8. The number of rotatable bonds is 5. The minimum Gasteiger partial charge on any atom is -0.458 e. The fourth-order valence-corrected chi connectivity index (χ4v) is 4.37. The first-order valence-corrected chi connectivity index (χ1v) is 10.6. The number of fused-ring (bicyclic) bond motifs is 1. The summed E-state index contributed by atoms with van der Waals surface area (Å²) in [4.78, 5) is 4.89. The van der Waals surface area contributed by atoms with Crippen molar-refractivity contribution in [2.45, 2.75) is 13.0 Å². The molecule has 0 amide bonds. The number of para-hydroxylation sites is 1. The molecule has 2 aromatic carbocycles. The lowest BCUT2D eigenvalue weighted by Gasteiger charge is -2.29. The van der Waals surface area contributed by atoms with Gasteiger partial charge in [0.25, 0.3) is 0 Å². The maximum absolute atomic E-state index is 6.59. The van der Waals surface area contributed by atoms with Crippen molar-refractivity contribution >= 4 is 16.7 Å². The van der Waals surface area contributed by atoms with Crippen molar-refractivity contribution in [1.82, 2.24) is 4.90 Å². The third-order valence-electron chi connectivity index (χ3n) is 5.87. The number of hydrogen-bond acceptors (Lipinski definition) is 5. The van der Waals surface area contributed by atoms with Crippen LogP contribution in [0.25, 0.3) is 11.0 Å². The van der Waals surface area contributed by atoms with E-state index in [1.165, 1.54) is 22.2 Å². The number of ether oxygens (including phenoxy) is 2. The lowest BCUT2D eigenvalue weighted by atomic mass is 10.1. The molecule has 1 aromatic heterocycles. The van der Waals surface area contributed by atoms with Gasteiger partial charge < -0.3 is 18.8 Å². The molecular weight excluding hydrogens is 364 g/mol. The molecule has 3 aromatic rings. The highest BCUT2D eigenvalue weighted by Gasteiger charge is 2.24. The van der Waals surface area contributed by atoms with Crippen LogP contribution in [0.4, 0.5) is 5.69 Å². The summed E-state index contributed by atoms with van der Waals surface area (Å²) < 4.78 is 17.7. The van der Waals surface area contributed by atoms with Crippen molar-refractivity contribution in [3.63, 3.8) is 0 Å². The summed E-state index contributed by atoms with van der Waals surface area (Å²) in [5.41, 5.74) is 4.82. The summed E-state index contributed by atoms with van der Waals surface area (Å²) in [6.45, 7) is 7.83. The van der Waals surface area contributed by atoms with Gasteiger partial charge >= 0.3 is 0 Å². The first kappa shape index (κ1) is 18.7. The molecule has 0 bridgehead atoms. The number of hydrogen-bond donors (Lipinski definition) is 0. The van der Waals surface area contributed by atoms with Gasteiger partial charge in [0.1, 0.15) is 11.3 Å². The van der Waals surface area contributed by atoms with Crippen molar-refractivity contribution in [3.8, 4) is 0 Å². The predicted octanol–water partition coefficient (Wildman–Crippen LogP) is 3.69. The third kappa shape index (κ3) is 4.04. The molecule has 0 saturated carbocycles. The molecular formula is C24H28N2O3. The number of nitrogens with zero attached hydrogens (tertiary/aromatic N) is 2. The maximum Gasteiger partial charge on any atom is 0.140 e. The van der Waals surface area contributed by atoms with Crippen LogP contribution in [0.1, 0.15) is 16.9 Å². The van der Waals surface area contributed by atoms with Gasteiger partial charge in [0.15, 0.2) is 0 Å². The topological polar surface area (TPSA) is 38.1 Å². The highest BCUT2D eigenvalue weighted by molar-refractivity contribution is 5.95. The van der Waals surface area contributed by atoms with E-state index in [4.69, 9.17) is 13.9 Å². The van der Waals surface area contributed by atoms with Gasteiger partial charge in [0, 0.05) is 50.1 Å². The number of furan rings is 1. The van der Waals surface area contributed by atoms with Gasteiger partial charge in [-0.05, 0) is 11.6 Å². The van der Waals surface area contributed by atoms with Crippen LogP contribution in [-0.2, 0) is 22.4 Å². The van der Waals surface area contributed by atoms with Crippen molar-refractivity contribution in [1.29, 1.82) is 0 Å². The molecule has 152 valence electrons. The second-order valence-corrected chi connectivity index (χ2v) is 7.82. The van der Waals surface area contributed by atoms with Crippen LogP contribution in [0, 0.1) is 0 Å². The van der Waals surface area contributed by atoms with E-state index in [1.54, 1.807) is 0 Å². The van der Waals surface area contributed by atoms with Crippen LogP contribution in [0.2, 0.25) is 0 Å². The zero-order chi connectivity index (χ0) is 19.5. The van der Waals surface area contributed by atoms with Gasteiger partial charge in [-0.1, -0.05) is 42.5 Å². The zero-order valence-electron chi connectivity index (χ0n) is 16.8. The summed E-state index contributed by atoms with van der Waals surface area (Å²) in [5.74, 6) is 1.06. The smallest absolute Gasteiger partial charge is 0.140 e. The molecule has 0 spiro atoms. The molecule has 2 saturated heterocycles. The van der Waals surface area contributed by atoms with E-state index in [-0.39, 0.29) is 0 Å². The average molecular weight is 392 g/mol. The average Bonchev–Trinajstić information content (AvgIpc) is 3.15. The third-order valence-corrected chi connectivity index (χ3v) is 5.87. The summed E-state index contributed by atoms with van der Waals surface area (Å²) in [6, 6.07) is 17.2. The van der Waals surface area contributed by atoms with Crippen LogP contribution >= 0.6 is 0 Å². The van der Waals surface area contributed by atoms with Crippen LogP contribution < -0.4 is 4.90 Å². The molecule has 0 aliphatic carbocycles. The summed E-state index contributed by atoms with van der Waals surface area (Å²) >= 11 is 0. The van der Waals surface area contributed by atoms with Gasteiger partial charge in [-0.25, -0.2) is 0 Å². The van der Waals surface area contributed by atoms with Gasteiger partial charge in [0.05, 0.1) is 32.1 Å². The highest BCUT2D eigenvalue weighted by Crippen LogP contribution is 2.37. The quantitative estimate of drug-likeness (QED) is 0.662. The monoisotopic (exact) mass is 392 g/mol. The van der Waals surface area contributed by atoms with E-state index in [9.17, 15) is 0 Å². The molecule has 0 radical (unpaired) electrons. The summed E-state index contributed by atoms with van der Waals surface area (Å²) in [5, 5.41) is 1.23. The van der Waals surface area contributed by atoms with Crippen LogP contribution in [0.3, 0.4) is 0 Å². The van der Waals surface area contributed by atoms with E-state index in [2.05, 4.69) is 58.3 Å². The van der Waals surface area contributed by atoms with Crippen molar-refractivity contribution in [2.75, 3.05) is 57.5 Å². The molecule has 2 fully saturated rings. The lowest BCUT2D eigenvalue weighted by Crippen LogP contribution is -2.36. The molecule has 5 nitrogen and oxygen atoms in total. The first-order chi connectivity index (χ1) is 14.4. The number of morpholine rings is 2. The molecule has 5 heteroatoms. The second-order valence-electron chi connectivity index (χ2n) is 7.82. The molecule has 0 N–H and O–H groups in total. The predicted molar refractivity (Wildman–Crippen MR) is 115 cm³/mol. The Labute approximate surface area is 171 Å². The SMILES string of the molecule is c1ccc(Cc2oc3c(CN4CCOCC4)cccc3c2N2CCOCC2)cc1. The van der Waals surface area contributed by atoms with Crippen LogP contribution in [0.15, 0.2) is 52.9 Å². The Morgan fingerprint density at radius 2 is 1.48 bits per heavy atom. The molecule has 0 atom stereocenters. The van der Waals surface area contributed by atoms with Gasteiger partial charge in [0.2, 0.25) is 0 Å². The highest BCUT2D eigenvalue weighted by atomic mass is 16.5. The van der Waals surface area contributed by atoms with Gasteiger partial charge in [-0.2, -0.15) is 0 Å². The van der Waals surface area contributed by atoms with E-state index in [0.29, 0.717) is 0 Å². The number of benzene rings is 2. The standard InChI is InChI=1S/C24H28N2O3/c1-2-5-19(6-3-1)17-22-23(26-11-15-28-16-12-26)21-8-4-7-20(24(21)29-22)18-25-9-13-27-14-10-25/h1-8H,9-18H2.